The molecule has 0 aliphatic carbocycles. The highest BCUT2D eigenvalue weighted by Crippen LogP contribution is 2.21. The fourth-order valence-corrected chi connectivity index (χ4v) is 3.09. The van der Waals surface area contributed by atoms with E-state index < -0.39 is 0 Å². The number of anilines is 1. The van der Waals surface area contributed by atoms with Crippen molar-refractivity contribution in [1.29, 1.82) is 0 Å². The summed E-state index contributed by atoms with van der Waals surface area (Å²) < 4.78 is 0. The third-order valence-electron chi connectivity index (χ3n) is 4.52. The summed E-state index contributed by atoms with van der Waals surface area (Å²) in [7, 11) is 0. The van der Waals surface area contributed by atoms with Crippen LogP contribution in [0.4, 0.5) is 5.69 Å². The molecule has 0 bridgehead atoms. The average molecular weight is 324 g/mol. The van der Waals surface area contributed by atoms with Crippen LogP contribution in [0.15, 0.2) is 48.5 Å². The first-order valence-electron chi connectivity index (χ1n) is 8.48. The zero-order valence-electron chi connectivity index (χ0n) is 14.0. The van der Waals surface area contributed by atoms with Crippen LogP contribution in [-0.4, -0.2) is 22.5 Å². The SMILES string of the molecule is CC(Nc1ccc(CN2CCCC2=O)cc1)c1cccc(CO)c1. The summed E-state index contributed by atoms with van der Waals surface area (Å²) in [5.41, 5.74) is 4.28. The number of nitrogens with one attached hydrogen (secondary N) is 1. The van der Waals surface area contributed by atoms with Crippen molar-refractivity contribution in [3.8, 4) is 0 Å². The molecule has 4 nitrogen and oxygen atoms in total. The second-order valence-electron chi connectivity index (χ2n) is 6.38. The van der Waals surface area contributed by atoms with Gasteiger partial charge in [0.25, 0.3) is 0 Å². The number of hydrogen-bond donors (Lipinski definition) is 2. The van der Waals surface area contributed by atoms with Crippen LogP contribution in [0.5, 0.6) is 0 Å². The maximum Gasteiger partial charge on any atom is 0.222 e. The molecule has 1 saturated heterocycles. The van der Waals surface area contributed by atoms with E-state index in [1.54, 1.807) is 0 Å². The molecule has 1 amide bonds. The molecule has 24 heavy (non-hydrogen) atoms. The summed E-state index contributed by atoms with van der Waals surface area (Å²) in [6.07, 6.45) is 1.66. The van der Waals surface area contributed by atoms with Crippen molar-refractivity contribution < 1.29 is 9.90 Å². The molecule has 1 fully saturated rings. The van der Waals surface area contributed by atoms with Crippen molar-refractivity contribution in [1.82, 2.24) is 4.90 Å². The van der Waals surface area contributed by atoms with Gasteiger partial charge in [-0.3, -0.25) is 4.79 Å². The van der Waals surface area contributed by atoms with E-state index in [-0.39, 0.29) is 18.6 Å². The molecule has 0 radical (unpaired) electrons. The van der Waals surface area contributed by atoms with Gasteiger partial charge in [0.05, 0.1) is 6.61 Å². The van der Waals surface area contributed by atoms with E-state index >= 15 is 0 Å². The lowest BCUT2D eigenvalue weighted by Crippen LogP contribution is -2.23. The number of aliphatic hydroxyl groups is 1. The smallest absolute Gasteiger partial charge is 0.222 e. The Kier molecular flexibility index (Phi) is 5.16. The fraction of sp³-hybridized carbons (Fsp3) is 0.350. The summed E-state index contributed by atoms with van der Waals surface area (Å²) in [5, 5.41) is 12.7. The molecular weight excluding hydrogens is 300 g/mol. The van der Waals surface area contributed by atoms with E-state index in [1.807, 2.05) is 23.1 Å². The van der Waals surface area contributed by atoms with Gasteiger partial charge in [0.1, 0.15) is 0 Å². The van der Waals surface area contributed by atoms with Crippen LogP contribution in [0.25, 0.3) is 0 Å². The third-order valence-corrected chi connectivity index (χ3v) is 4.52. The van der Waals surface area contributed by atoms with E-state index in [4.69, 9.17) is 0 Å². The molecule has 1 aliphatic rings. The van der Waals surface area contributed by atoms with Gasteiger partial charge in [-0.2, -0.15) is 0 Å². The number of carbonyl (C=O) groups excluding carboxylic acids is 1. The molecule has 2 aromatic carbocycles. The summed E-state index contributed by atoms with van der Waals surface area (Å²) in [6.45, 7) is 3.74. The van der Waals surface area contributed by atoms with Crippen molar-refractivity contribution >= 4 is 11.6 Å². The molecule has 2 N–H and O–H groups in total. The Bertz CT molecular complexity index is 697. The quantitative estimate of drug-likeness (QED) is 0.855. The van der Waals surface area contributed by atoms with Crippen molar-refractivity contribution in [2.24, 2.45) is 0 Å². The number of likely N-dealkylation sites (tertiary alicyclic amines) is 1. The van der Waals surface area contributed by atoms with E-state index in [0.29, 0.717) is 13.0 Å². The second-order valence-corrected chi connectivity index (χ2v) is 6.38. The minimum absolute atomic E-state index is 0.0600. The molecule has 0 spiro atoms. The van der Waals surface area contributed by atoms with Gasteiger partial charge in [-0.15, -0.1) is 0 Å². The minimum Gasteiger partial charge on any atom is -0.392 e. The largest absolute Gasteiger partial charge is 0.392 e. The highest BCUT2D eigenvalue weighted by Gasteiger charge is 2.19. The Morgan fingerprint density at radius 1 is 1.17 bits per heavy atom. The number of nitrogens with zero attached hydrogens (tertiary/aromatic N) is 1. The van der Waals surface area contributed by atoms with Crippen LogP contribution in [0.1, 0.15) is 42.5 Å². The summed E-state index contributed by atoms with van der Waals surface area (Å²) in [4.78, 5) is 13.6. The van der Waals surface area contributed by atoms with Gasteiger partial charge < -0.3 is 15.3 Å². The van der Waals surface area contributed by atoms with Gasteiger partial charge in [0.15, 0.2) is 0 Å². The van der Waals surface area contributed by atoms with Crippen molar-refractivity contribution in [2.45, 2.75) is 39.0 Å². The fourth-order valence-electron chi connectivity index (χ4n) is 3.09. The van der Waals surface area contributed by atoms with Crippen LogP contribution < -0.4 is 5.32 Å². The highest BCUT2D eigenvalue weighted by molar-refractivity contribution is 5.78. The van der Waals surface area contributed by atoms with Gasteiger partial charge in [-0.1, -0.05) is 36.4 Å². The van der Waals surface area contributed by atoms with Gasteiger partial charge >= 0.3 is 0 Å². The Hall–Kier alpha value is -2.33. The lowest BCUT2D eigenvalue weighted by atomic mass is 10.0. The lowest BCUT2D eigenvalue weighted by molar-refractivity contribution is -0.128. The third kappa shape index (κ3) is 3.95. The first-order chi connectivity index (χ1) is 11.7. The molecule has 3 rings (SSSR count). The molecular formula is C20H24N2O2. The van der Waals surface area contributed by atoms with Crippen molar-refractivity contribution in [3.05, 3.63) is 65.2 Å². The van der Waals surface area contributed by atoms with Gasteiger partial charge in [-0.25, -0.2) is 0 Å². The zero-order chi connectivity index (χ0) is 16.9. The minimum atomic E-state index is 0.0600. The number of benzene rings is 2. The Morgan fingerprint density at radius 2 is 1.96 bits per heavy atom. The van der Waals surface area contributed by atoms with Crippen LogP contribution in [0, 0.1) is 0 Å². The number of aliphatic hydroxyl groups excluding tert-OH is 1. The van der Waals surface area contributed by atoms with Gasteiger partial charge in [0.2, 0.25) is 5.91 Å². The summed E-state index contributed by atoms with van der Waals surface area (Å²) in [6, 6.07) is 16.4. The van der Waals surface area contributed by atoms with Crippen molar-refractivity contribution in [2.75, 3.05) is 11.9 Å². The number of rotatable bonds is 6. The Labute approximate surface area is 143 Å². The standard InChI is InChI=1S/C20H24N2O2/c1-15(18-5-2-4-17(12-18)14-23)21-19-9-7-16(8-10-19)13-22-11-3-6-20(22)24/h2,4-5,7-10,12,15,21,23H,3,6,11,13-14H2,1H3. The first-order valence-corrected chi connectivity index (χ1v) is 8.48. The van der Waals surface area contributed by atoms with Crippen LogP contribution >= 0.6 is 0 Å². The van der Waals surface area contributed by atoms with E-state index in [0.717, 1.165) is 35.3 Å². The van der Waals surface area contributed by atoms with E-state index in [2.05, 4.69) is 42.6 Å². The number of hydrogen-bond acceptors (Lipinski definition) is 3. The van der Waals surface area contributed by atoms with Crippen LogP contribution in [-0.2, 0) is 17.9 Å². The highest BCUT2D eigenvalue weighted by atomic mass is 16.3. The zero-order valence-corrected chi connectivity index (χ0v) is 14.0. The molecule has 1 atom stereocenters. The molecule has 1 unspecified atom stereocenters. The summed E-state index contributed by atoms with van der Waals surface area (Å²) >= 11 is 0. The molecule has 4 heteroatoms. The monoisotopic (exact) mass is 324 g/mol. The number of carbonyl (C=O) groups is 1. The maximum atomic E-state index is 11.7. The molecule has 2 aromatic rings. The molecule has 0 saturated carbocycles. The number of amides is 1. The Balaban J connectivity index is 1.61. The molecule has 126 valence electrons. The Morgan fingerprint density at radius 3 is 2.62 bits per heavy atom. The van der Waals surface area contributed by atoms with Crippen LogP contribution in [0.2, 0.25) is 0 Å². The molecule has 0 aromatic heterocycles. The second kappa shape index (κ2) is 7.49. The predicted octanol–water partition coefficient (Wildman–Crippen LogP) is 3.47. The molecule has 1 aliphatic heterocycles. The predicted molar refractivity (Wildman–Crippen MR) is 95.5 cm³/mol. The molecule has 1 heterocycles. The van der Waals surface area contributed by atoms with Gasteiger partial charge in [0, 0.05) is 31.2 Å². The normalized spacial score (nSPS) is 15.6. The maximum absolute atomic E-state index is 11.7. The average Bonchev–Trinajstić information content (AvgIpc) is 3.01. The topological polar surface area (TPSA) is 52.6 Å². The van der Waals surface area contributed by atoms with Crippen molar-refractivity contribution in [3.63, 3.8) is 0 Å². The summed E-state index contributed by atoms with van der Waals surface area (Å²) in [5.74, 6) is 0.259. The van der Waals surface area contributed by atoms with E-state index in [9.17, 15) is 9.90 Å². The van der Waals surface area contributed by atoms with Gasteiger partial charge in [-0.05, 0) is 42.2 Å². The first kappa shape index (κ1) is 16.5. The lowest BCUT2D eigenvalue weighted by Gasteiger charge is -2.18. The van der Waals surface area contributed by atoms with Crippen LogP contribution in [0.3, 0.4) is 0 Å². The van der Waals surface area contributed by atoms with E-state index in [1.165, 1.54) is 0 Å².